The zero-order valence-corrected chi connectivity index (χ0v) is 17.8. The molecule has 2 heterocycles. The summed E-state index contributed by atoms with van der Waals surface area (Å²) in [5, 5.41) is 3.68. The second-order valence-corrected chi connectivity index (χ2v) is 8.11. The number of rotatable bonds is 7. The fourth-order valence-corrected chi connectivity index (χ4v) is 3.76. The minimum Gasteiger partial charge on any atom is -0.354 e. The number of hydrogen-bond acceptors (Lipinski definition) is 7. The molecule has 0 bridgehead atoms. The van der Waals surface area contributed by atoms with Crippen LogP contribution in [0.25, 0.3) is 0 Å². The van der Waals surface area contributed by atoms with Gasteiger partial charge in [-0.3, -0.25) is 9.59 Å². The van der Waals surface area contributed by atoms with Gasteiger partial charge in [-0.25, -0.2) is 9.97 Å². The fourth-order valence-electron chi connectivity index (χ4n) is 2.85. The lowest BCUT2D eigenvalue weighted by atomic mass is 10.2. The highest BCUT2D eigenvalue weighted by atomic mass is 35.5. The predicted octanol–water partition coefficient (Wildman–Crippen LogP) is 0.957. The molecule has 8 nitrogen and oxygen atoms in total. The van der Waals surface area contributed by atoms with Gasteiger partial charge in [0.05, 0.1) is 5.75 Å². The number of halogens is 1. The lowest BCUT2D eigenvalue weighted by Gasteiger charge is -2.40. The maximum Gasteiger partial charge on any atom is 0.230 e. The minimum absolute atomic E-state index is 0.0596. The second-order valence-electron chi connectivity index (χ2n) is 6.78. The molecule has 1 N–H and O–H groups in total. The SMILES string of the molecule is CC(=O)N1CCN(c2cc(Cl)nc(SCC(=O)NCCN(C)C)n2)CC1C. The summed E-state index contributed by atoms with van der Waals surface area (Å²) in [5.41, 5.74) is 0. The lowest BCUT2D eigenvalue weighted by molar-refractivity contribution is -0.131. The van der Waals surface area contributed by atoms with Crippen molar-refractivity contribution in [3.05, 3.63) is 11.2 Å². The molecule has 1 atom stereocenters. The Morgan fingerprint density at radius 3 is 2.74 bits per heavy atom. The van der Waals surface area contributed by atoms with Gasteiger partial charge in [0.1, 0.15) is 11.0 Å². The van der Waals surface area contributed by atoms with Gasteiger partial charge < -0.3 is 20.0 Å². The van der Waals surface area contributed by atoms with Gasteiger partial charge in [-0.1, -0.05) is 23.4 Å². The van der Waals surface area contributed by atoms with E-state index >= 15 is 0 Å². The average molecular weight is 415 g/mol. The number of carbonyl (C=O) groups excluding carboxylic acids is 2. The third kappa shape index (κ3) is 6.82. The van der Waals surface area contributed by atoms with Crippen LogP contribution in [0.4, 0.5) is 5.82 Å². The van der Waals surface area contributed by atoms with E-state index in [1.807, 2.05) is 30.8 Å². The lowest BCUT2D eigenvalue weighted by Crippen LogP contribution is -2.53. The van der Waals surface area contributed by atoms with E-state index in [0.29, 0.717) is 36.5 Å². The van der Waals surface area contributed by atoms with Gasteiger partial charge in [-0.05, 0) is 21.0 Å². The fraction of sp³-hybridized carbons (Fsp3) is 0.647. The molecule has 150 valence electrons. The van der Waals surface area contributed by atoms with Crippen molar-refractivity contribution in [1.82, 2.24) is 25.1 Å². The van der Waals surface area contributed by atoms with Crippen LogP contribution in [-0.4, -0.2) is 90.2 Å². The average Bonchev–Trinajstić information content (AvgIpc) is 2.58. The van der Waals surface area contributed by atoms with Gasteiger partial charge in [0.2, 0.25) is 11.8 Å². The van der Waals surface area contributed by atoms with Crippen molar-refractivity contribution in [2.45, 2.75) is 25.0 Å². The number of nitrogens with one attached hydrogen (secondary N) is 1. The summed E-state index contributed by atoms with van der Waals surface area (Å²) < 4.78 is 0. The third-order valence-electron chi connectivity index (χ3n) is 4.23. The van der Waals surface area contributed by atoms with Crippen molar-refractivity contribution in [2.75, 3.05) is 57.5 Å². The van der Waals surface area contributed by atoms with Crippen LogP contribution in [0, 0.1) is 0 Å². The first-order chi connectivity index (χ1) is 12.8. The standard InChI is InChI=1S/C17H27ClN6O2S/c1-12-10-23(7-8-24(12)13(2)25)15-9-14(18)20-17(21-15)27-11-16(26)19-5-6-22(3)4/h9,12H,5-8,10-11H2,1-4H3,(H,19,26). The topological polar surface area (TPSA) is 81.7 Å². The molecule has 27 heavy (non-hydrogen) atoms. The number of hydrogen-bond donors (Lipinski definition) is 1. The van der Waals surface area contributed by atoms with Crippen LogP contribution in [0.2, 0.25) is 5.15 Å². The van der Waals surface area contributed by atoms with Crippen LogP contribution >= 0.6 is 23.4 Å². The zero-order chi connectivity index (χ0) is 20.0. The molecule has 1 fully saturated rings. The van der Waals surface area contributed by atoms with Crippen molar-refractivity contribution >= 4 is 41.0 Å². The van der Waals surface area contributed by atoms with E-state index in [0.717, 1.165) is 12.4 Å². The van der Waals surface area contributed by atoms with Gasteiger partial charge in [0.15, 0.2) is 5.16 Å². The zero-order valence-electron chi connectivity index (χ0n) is 16.2. The van der Waals surface area contributed by atoms with E-state index in [4.69, 9.17) is 11.6 Å². The van der Waals surface area contributed by atoms with Crippen molar-refractivity contribution in [2.24, 2.45) is 0 Å². The normalized spacial score (nSPS) is 17.3. The molecule has 1 aliphatic rings. The highest BCUT2D eigenvalue weighted by Gasteiger charge is 2.26. The highest BCUT2D eigenvalue weighted by Crippen LogP contribution is 2.24. The number of thioether (sulfide) groups is 1. The molecule has 0 aliphatic carbocycles. The molecule has 1 aromatic heterocycles. The minimum atomic E-state index is -0.0596. The molecule has 0 spiro atoms. The molecule has 2 amide bonds. The third-order valence-corrected chi connectivity index (χ3v) is 5.27. The maximum atomic E-state index is 11.9. The van der Waals surface area contributed by atoms with Gasteiger partial charge in [-0.2, -0.15) is 0 Å². The van der Waals surface area contributed by atoms with Crippen molar-refractivity contribution in [1.29, 1.82) is 0 Å². The molecule has 0 aromatic carbocycles. The first kappa shape index (κ1) is 21.7. The van der Waals surface area contributed by atoms with E-state index in [1.54, 1.807) is 13.0 Å². The summed E-state index contributed by atoms with van der Waals surface area (Å²) in [6, 6.07) is 1.82. The smallest absolute Gasteiger partial charge is 0.230 e. The second kappa shape index (κ2) is 10.1. The van der Waals surface area contributed by atoms with E-state index in [9.17, 15) is 9.59 Å². The van der Waals surface area contributed by atoms with E-state index in [-0.39, 0.29) is 23.6 Å². The van der Waals surface area contributed by atoms with Crippen molar-refractivity contribution in [3.63, 3.8) is 0 Å². The van der Waals surface area contributed by atoms with Gasteiger partial charge >= 0.3 is 0 Å². The van der Waals surface area contributed by atoms with Crippen molar-refractivity contribution in [3.8, 4) is 0 Å². The molecular weight excluding hydrogens is 388 g/mol. The molecule has 0 radical (unpaired) electrons. The Balaban J connectivity index is 1.94. The summed E-state index contributed by atoms with van der Waals surface area (Å²) in [7, 11) is 3.92. The molecule has 1 saturated heterocycles. The number of nitrogens with zero attached hydrogens (tertiary/aromatic N) is 5. The quantitative estimate of drug-likeness (QED) is 0.404. The van der Waals surface area contributed by atoms with Gasteiger partial charge in [0.25, 0.3) is 0 Å². The van der Waals surface area contributed by atoms with E-state index in [2.05, 4.69) is 20.2 Å². The summed E-state index contributed by atoms with van der Waals surface area (Å²) in [5.74, 6) is 0.984. The summed E-state index contributed by atoms with van der Waals surface area (Å²) >= 11 is 7.42. The van der Waals surface area contributed by atoms with Gasteiger partial charge in [0, 0.05) is 51.8 Å². The molecule has 1 aliphatic heterocycles. The van der Waals surface area contributed by atoms with Crippen LogP contribution in [-0.2, 0) is 9.59 Å². The monoisotopic (exact) mass is 414 g/mol. The number of aromatic nitrogens is 2. The molecule has 1 unspecified atom stereocenters. The van der Waals surface area contributed by atoms with Gasteiger partial charge in [-0.15, -0.1) is 0 Å². The van der Waals surface area contributed by atoms with Crippen LogP contribution in [0.1, 0.15) is 13.8 Å². The molecule has 1 aromatic rings. The predicted molar refractivity (Wildman–Crippen MR) is 108 cm³/mol. The van der Waals surface area contributed by atoms with E-state index < -0.39 is 0 Å². The number of anilines is 1. The van der Waals surface area contributed by atoms with Crippen LogP contribution < -0.4 is 10.2 Å². The largest absolute Gasteiger partial charge is 0.354 e. The Morgan fingerprint density at radius 2 is 2.11 bits per heavy atom. The van der Waals surface area contributed by atoms with Crippen molar-refractivity contribution < 1.29 is 9.59 Å². The Kier molecular flexibility index (Phi) is 8.12. The Labute approximate surface area is 169 Å². The Bertz CT molecular complexity index is 675. The van der Waals surface area contributed by atoms with Crippen LogP contribution in [0.5, 0.6) is 0 Å². The number of amides is 2. The first-order valence-electron chi connectivity index (χ1n) is 8.87. The summed E-state index contributed by atoms with van der Waals surface area (Å²) in [6.45, 7) is 7.02. The summed E-state index contributed by atoms with van der Waals surface area (Å²) in [4.78, 5) is 38.3. The molecule has 2 rings (SSSR count). The van der Waals surface area contributed by atoms with Crippen LogP contribution in [0.3, 0.4) is 0 Å². The van der Waals surface area contributed by atoms with E-state index in [1.165, 1.54) is 11.8 Å². The molecule has 0 saturated carbocycles. The first-order valence-corrected chi connectivity index (χ1v) is 10.2. The number of piperazine rings is 1. The summed E-state index contributed by atoms with van der Waals surface area (Å²) in [6.07, 6.45) is 0. The van der Waals surface area contributed by atoms with Crippen LogP contribution in [0.15, 0.2) is 11.2 Å². The number of likely N-dealkylation sites (N-methyl/N-ethyl adjacent to an activating group) is 1. The molecular formula is C17H27ClN6O2S. The highest BCUT2D eigenvalue weighted by molar-refractivity contribution is 7.99. The Hall–Kier alpha value is -1.58. The molecule has 10 heteroatoms. The maximum absolute atomic E-state index is 11.9. The Morgan fingerprint density at radius 1 is 1.37 bits per heavy atom. The number of carbonyl (C=O) groups is 2.